The molecule has 3 heteroatoms. The zero-order chi connectivity index (χ0) is 10.9. The van der Waals surface area contributed by atoms with E-state index in [0.29, 0.717) is 12.3 Å². The molecule has 1 heterocycles. The number of amides is 1. The molecule has 1 aliphatic rings. The van der Waals surface area contributed by atoms with Crippen molar-refractivity contribution in [3.63, 3.8) is 0 Å². The first-order valence-corrected chi connectivity index (χ1v) is 5.42. The molecule has 1 fully saturated rings. The van der Waals surface area contributed by atoms with Crippen molar-refractivity contribution < 1.29 is 4.79 Å². The summed E-state index contributed by atoms with van der Waals surface area (Å²) in [6, 6.07) is 0.172. The minimum absolute atomic E-state index is 0.0563. The molecule has 0 aliphatic carbocycles. The fraction of sp³-hybridized carbons (Fsp3) is 0.909. The lowest BCUT2D eigenvalue weighted by atomic mass is 9.97. The second-order valence-electron chi connectivity index (χ2n) is 5.21. The summed E-state index contributed by atoms with van der Waals surface area (Å²) in [6.45, 7) is 9.13. The van der Waals surface area contributed by atoms with E-state index in [4.69, 9.17) is 5.73 Å². The van der Waals surface area contributed by atoms with E-state index in [1.807, 2.05) is 4.90 Å². The molecule has 0 aromatic carbocycles. The van der Waals surface area contributed by atoms with Crippen LogP contribution in [0.3, 0.4) is 0 Å². The molecule has 82 valence electrons. The van der Waals surface area contributed by atoms with Crippen LogP contribution in [-0.2, 0) is 4.79 Å². The Hall–Kier alpha value is -0.570. The summed E-state index contributed by atoms with van der Waals surface area (Å²) in [5, 5.41) is 0. The maximum absolute atomic E-state index is 11.7. The lowest BCUT2D eigenvalue weighted by Gasteiger charge is -2.32. The Morgan fingerprint density at radius 3 is 2.50 bits per heavy atom. The Kier molecular flexibility index (Phi) is 3.20. The summed E-state index contributed by atoms with van der Waals surface area (Å²) in [7, 11) is 0. The minimum Gasteiger partial charge on any atom is -0.338 e. The van der Waals surface area contributed by atoms with Gasteiger partial charge < -0.3 is 10.6 Å². The van der Waals surface area contributed by atoms with Gasteiger partial charge in [-0.25, -0.2) is 0 Å². The predicted molar refractivity (Wildman–Crippen MR) is 57.8 cm³/mol. The lowest BCUT2D eigenvalue weighted by Crippen LogP contribution is -2.43. The van der Waals surface area contributed by atoms with Crippen molar-refractivity contribution in [3.05, 3.63) is 0 Å². The fourth-order valence-corrected chi connectivity index (χ4v) is 2.00. The molecular weight excluding hydrogens is 176 g/mol. The Morgan fingerprint density at radius 2 is 2.14 bits per heavy atom. The number of nitrogens with zero attached hydrogens (tertiary/aromatic N) is 1. The highest BCUT2D eigenvalue weighted by Crippen LogP contribution is 2.27. The average molecular weight is 198 g/mol. The maximum Gasteiger partial charge on any atom is 0.223 e. The molecule has 0 bridgehead atoms. The molecule has 3 nitrogen and oxygen atoms in total. The third-order valence-corrected chi connectivity index (χ3v) is 3.04. The van der Waals surface area contributed by atoms with Crippen LogP contribution in [0, 0.1) is 5.92 Å². The first-order valence-electron chi connectivity index (χ1n) is 5.42. The van der Waals surface area contributed by atoms with E-state index in [0.717, 1.165) is 13.0 Å². The maximum atomic E-state index is 11.7. The molecule has 1 rings (SSSR count). The van der Waals surface area contributed by atoms with E-state index in [-0.39, 0.29) is 17.5 Å². The monoisotopic (exact) mass is 198 g/mol. The van der Waals surface area contributed by atoms with Gasteiger partial charge in [-0.2, -0.15) is 0 Å². The highest BCUT2D eigenvalue weighted by molar-refractivity contribution is 5.79. The third-order valence-electron chi connectivity index (χ3n) is 3.04. The summed E-state index contributed by atoms with van der Waals surface area (Å²) in [4.78, 5) is 13.7. The lowest BCUT2D eigenvalue weighted by molar-refractivity contribution is -0.131. The normalized spacial score (nSPS) is 25.6. The van der Waals surface area contributed by atoms with Crippen molar-refractivity contribution in [2.45, 2.75) is 52.1 Å². The van der Waals surface area contributed by atoms with Crippen molar-refractivity contribution in [1.82, 2.24) is 4.90 Å². The predicted octanol–water partition coefficient (Wildman–Crippen LogP) is 1.37. The van der Waals surface area contributed by atoms with E-state index in [1.165, 1.54) is 0 Å². The van der Waals surface area contributed by atoms with Crippen molar-refractivity contribution in [1.29, 1.82) is 0 Å². The molecule has 0 aromatic heterocycles. The average Bonchev–Trinajstić information content (AvgIpc) is 2.45. The summed E-state index contributed by atoms with van der Waals surface area (Å²) >= 11 is 0. The van der Waals surface area contributed by atoms with Gasteiger partial charge in [0.1, 0.15) is 0 Å². The van der Waals surface area contributed by atoms with Gasteiger partial charge in [0.2, 0.25) is 5.91 Å². The van der Waals surface area contributed by atoms with Gasteiger partial charge in [-0.05, 0) is 27.2 Å². The Bertz CT molecular complexity index is 220. The van der Waals surface area contributed by atoms with Crippen LogP contribution < -0.4 is 5.73 Å². The number of rotatable bonds is 2. The Morgan fingerprint density at radius 1 is 1.57 bits per heavy atom. The van der Waals surface area contributed by atoms with Crippen LogP contribution in [0.25, 0.3) is 0 Å². The highest BCUT2D eigenvalue weighted by Gasteiger charge is 2.37. The van der Waals surface area contributed by atoms with Crippen LogP contribution in [0.5, 0.6) is 0 Å². The summed E-state index contributed by atoms with van der Waals surface area (Å²) < 4.78 is 0. The molecule has 1 aliphatic heterocycles. The SMILES string of the molecule is CCC(N)C1CC(=O)N(C(C)(C)C)C1. The van der Waals surface area contributed by atoms with Crippen LogP contribution in [0.1, 0.15) is 40.5 Å². The number of hydrogen-bond acceptors (Lipinski definition) is 2. The van der Waals surface area contributed by atoms with Gasteiger partial charge in [-0.15, -0.1) is 0 Å². The molecule has 2 N–H and O–H groups in total. The molecule has 14 heavy (non-hydrogen) atoms. The van der Waals surface area contributed by atoms with Gasteiger partial charge in [-0.1, -0.05) is 6.92 Å². The summed E-state index contributed by atoms with van der Waals surface area (Å²) in [5.41, 5.74) is 5.91. The second-order valence-corrected chi connectivity index (χ2v) is 5.21. The minimum atomic E-state index is -0.0563. The van der Waals surface area contributed by atoms with Crippen molar-refractivity contribution in [2.24, 2.45) is 11.7 Å². The molecule has 1 amide bonds. The number of carbonyl (C=O) groups is 1. The zero-order valence-corrected chi connectivity index (χ0v) is 9.71. The van der Waals surface area contributed by atoms with Crippen molar-refractivity contribution in [2.75, 3.05) is 6.54 Å². The number of nitrogens with two attached hydrogens (primary N) is 1. The van der Waals surface area contributed by atoms with Crippen LogP contribution in [0.15, 0.2) is 0 Å². The van der Waals surface area contributed by atoms with Crippen LogP contribution in [-0.4, -0.2) is 28.9 Å². The smallest absolute Gasteiger partial charge is 0.223 e. The Balaban J connectivity index is 2.65. The third kappa shape index (κ3) is 2.27. The van der Waals surface area contributed by atoms with Crippen LogP contribution in [0.2, 0.25) is 0 Å². The molecular formula is C11H22N2O. The quantitative estimate of drug-likeness (QED) is 0.728. The van der Waals surface area contributed by atoms with Crippen LogP contribution >= 0.6 is 0 Å². The zero-order valence-electron chi connectivity index (χ0n) is 9.71. The molecule has 2 unspecified atom stereocenters. The van der Waals surface area contributed by atoms with Crippen molar-refractivity contribution in [3.8, 4) is 0 Å². The highest BCUT2D eigenvalue weighted by atomic mass is 16.2. The van der Waals surface area contributed by atoms with Crippen LogP contribution in [0.4, 0.5) is 0 Å². The first kappa shape index (κ1) is 11.5. The summed E-state index contributed by atoms with van der Waals surface area (Å²) in [5.74, 6) is 0.609. The second kappa shape index (κ2) is 3.89. The number of likely N-dealkylation sites (tertiary alicyclic amines) is 1. The van der Waals surface area contributed by atoms with Gasteiger partial charge in [0.05, 0.1) is 0 Å². The van der Waals surface area contributed by atoms with Gasteiger partial charge in [-0.3, -0.25) is 4.79 Å². The first-order chi connectivity index (χ1) is 6.36. The van der Waals surface area contributed by atoms with Crippen molar-refractivity contribution >= 4 is 5.91 Å². The van der Waals surface area contributed by atoms with Gasteiger partial charge in [0.15, 0.2) is 0 Å². The number of carbonyl (C=O) groups excluding carboxylic acids is 1. The van der Waals surface area contributed by atoms with Gasteiger partial charge >= 0.3 is 0 Å². The van der Waals surface area contributed by atoms with Gasteiger partial charge in [0, 0.05) is 30.5 Å². The molecule has 0 saturated carbocycles. The van der Waals surface area contributed by atoms with E-state index in [1.54, 1.807) is 0 Å². The van der Waals surface area contributed by atoms with E-state index in [9.17, 15) is 4.79 Å². The summed E-state index contributed by atoms with van der Waals surface area (Å²) in [6.07, 6.45) is 1.59. The van der Waals surface area contributed by atoms with E-state index in [2.05, 4.69) is 27.7 Å². The molecule has 0 radical (unpaired) electrons. The topological polar surface area (TPSA) is 46.3 Å². The largest absolute Gasteiger partial charge is 0.338 e. The Labute approximate surface area is 86.6 Å². The fourth-order valence-electron chi connectivity index (χ4n) is 2.00. The van der Waals surface area contributed by atoms with Gasteiger partial charge in [0.25, 0.3) is 0 Å². The standard InChI is InChI=1S/C11H22N2O/c1-5-9(12)8-6-10(14)13(7-8)11(2,3)4/h8-9H,5-7,12H2,1-4H3. The molecule has 2 atom stereocenters. The number of hydrogen-bond donors (Lipinski definition) is 1. The molecule has 0 aromatic rings. The van der Waals surface area contributed by atoms with E-state index >= 15 is 0 Å². The molecule has 1 saturated heterocycles. The van der Waals surface area contributed by atoms with E-state index < -0.39 is 0 Å². The molecule has 0 spiro atoms.